The molecule has 2 amide bonds. The predicted octanol–water partition coefficient (Wildman–Crippen LogP) is 2.91. The quantitative estimate of drug-likeness (QED) is 0.794. The number of rotatable bonds is 8. The number of carbonyl (C=O) groups excluding carboxylic acids is 2. The van der Waals surface area contributed by atoms with Crippen molar-refractivity contribution in [3.8, 4) is 0 Å². The molecule has 0 radical (unpaired) electrons. The van der Waals surface area contributed by atoms with Gasteiger partial charge in [0.05, 0.1) is 13.1 Å². The van der Waals surface area contributed by atoms with Crippen molar-refractivity contribution >= 4 is 17.5 Å². The van der Waals surface area contributed by atoms with Crippen LogP contribution in [-0.2, 0) is 16.1 Å². The van der Waals surface area contributed by atoms with Gasteiger partial charge in [0.25, 0.3) is 0 Å². The maximum atomic E-state index is 12.5. The van der Waals surface area contributed by atoms with Gasteiger partial charge in [-0.3, -0.25) is 14.5 Å². The molecule has 5 nitrogen and oxygen atoms in total. The minimum absolute atomic E-state index is 0.0157. The minimum atomic E-state index is -0.129. The van der Waals surface area contributed by atoms with Crippen molar-refractivity contribution < 1.29 is 9.59 Å². The number of hydrogen-bond donors (Lipinski definition) is 1. The van der Waals surface area contributed by atoms with E-state index in [1.54, 1.807) is 16.8 Å². The van der Waals surface area contributed by atoms with Crippen molar-refractivity contribution in [2.45, 2.75) is 20.4 Å². The van der Waals surface area contributed by atoms with Gasteiger partial charge in [0, 0.05) is 18.8 Å². The fourth-order valence-electron chi connectivity index (χ4n) is 2.65. The average Bonchev–Trinajstić information content (AvgIpc) is 2.62. The van der Waals surface area contributed by atoms with Crippen molar-refractivity contribution in [1.82, 2.24) is 9.80 Å². The Labute approximate surface area is 155 Å². The third-order valence-electron chi connectivity index (χ3n) is 4.10. The van der Waals surface area contributed by atoms with E-state index in [2.05, 4.69) is 5.32 Å². The van der Waals surface area contributed by atoms with Gasteiger partial charge in [-0.05, 0) is 38.6 Å². The van der Waals surface area contributed by atoms with E-state index in [-0.39, 0.29) is 24.9 Å². The van der Waals surface area contributed by atoms with Crippen LogP contribution < -0.4 is 5.32 Å². The van der Waals surface area contributed by atoms with Crippen LogP contribution in [0.1, 0.15) is 18.1 Å². The molecule has 1 N–H and O–H groups in total. The van der Waals surface area contributed by atoms with Crippen LogP contribution in [0.3, 0.4) is 0 Å². The molecule has 26 heavy (non-hydrogen) atoms. The van der Waals surface area contributed by atoms with Crippen LogP contribution in [0.4, 0.5) is 5.69 Å². The Kier molecular flexibility index (Phi) is 7.36. The van der Waals surface area contributed by atoms with Gasteiger partial charge >= 0.3 is 0 Å². The molecular formula is C21H27N3O2. The molecule has 0 aliphatic heterocycles. The number of carbonyl (C=O) groups is 2. The lowest BCUT2D eigenvalue weighted by molar-refractivity contribution is -0.132. The third-order valence-corrected chi connectivity index (χ3v) is 4.10. The Hall–Kier alpha value is -2.66. The van der Waals surface area contributed by atoms with E-state index in [0.717, 1.165) is 16.8 Å². The molecule has 2 aromatic carbocycles. The molecule has 0 saturated carbocycles. The Bertz CT molecular complexity index is 714. The Morgan fingerprint density at radius 1 is 0.962 bits per heavy atom. The first kappa shape index (κ1) is 19.7. The molecule has 5 heteroatoms. The van der Waals surface area contributed by atoms with Gasteiger partial charge in [0.2, 0.25) is 11.8 Å². The number of amides is 2. The lowest BCUT2D eigenvalue weighted by Gasteiger charge is -2.24. The Morgan fingerprint density at radius 2 is 1.62 bits per heavy atom. The number of benzene rings is 2. The maximum Gasteiger partial charge on any atom is 0.238 e. The Balaban J connectivity index is 1.83. The van der Waals surface area contributed by atoms with Crippen molar-refractivity contribution in [2.24, 2.45) is 0 Å². The van der Waals surface area contributed by atoms with Crippen molar-refractivity contribution in [3.05, 3.63) is 65.7 Å². The highest BCUT2D eigenvalue weighted by molar-refractivity contribution is 5.92. The molecule has 2 rings (SSSR count). The second-order valence-corrected chi connectivity index (χ2v) is 6.48. The van der Waals surface area contributed by atoms with Crippen molar-refractivity contribution in [2.75, 3.05) is 32.0 Å². The number of aryl methyl sites for hydroxylation is 1. The molecular weight excluding hydrogens is 326 g/mol. The van der Waals surface area contributed by atoms with Crippen LogP contribution in [0.15, 0.2) is 54.6 Å². The van der Waals surface area contributed by atoms with E-state index < -0.39 is 0 Å². The van der Waals surface area contributed by atoms with Crippen LogP contribution >= 0.6 is 0 Å². The van der Waals surface area contributed by atoms with E-state index in [4.69, 9.17) is 0 Å². The van der Waals surface area contributed by atoms with Crippen LogP contribution in [-0.4, -0.2) is 48.3 Å². The van der Waals surface area contributed by atoms with Crippen LogP contribution in [0.5, 0.6) is 0 Å². The lowest BCUT2D eigenvalue weighted by Crippen LogP contribution is -2.41. The van der Waals surface area contributed by atoms with Gasteiger partial charge < -0.3 is 10.2 Å². The standard InChI is InChI=1S/C21H27N3O2/c1-4-24(14-18-8-6-5-7-9-18)21(26)16-23(3)15-20(25)22-19-12-10-17(2)11-13-19/h5-13H,4,14-16H2,1-3H3,(H,22,25). The molecule has 0 spiro atoms. The summed E-state index contributed by atoms with van der Waals surface area (Å²) in [6.07, 6.45) is 0. The van der Waals surface area contributed by atoms with Crippen LogP contribution in [0, 0.1) is 6.92 Å². The van der Waals surface area contributed by atoms with E-state index >= 15 is 0 Å². The first-order valence-electron chi connectivity index (χ1n) is 8.84. The number of likely N-dealkylation sites (N-methyl/N-ethyl adjacent to an activating group) is 2. The van der Waals surface area contributed by atoms with Gasteiger partial charge in [-0.1, -0.05) is 48.0 Å². The highest BCUT2D eigenvalue weighted by Gasteiger charge is 2.16. The minimum Gasteiger partial charge on any atom is -0.338 e. The van der Waals surface area contributed by atoms with Gasteiger partial charge in [-0.15, -0.1) is 0 Å². The first-order valence-corrected chi connectivity index (χ1v) is 8.84. The summed E-state index contributed by atoms with van der Waals surface area (Å²) in [7, 11) is 1.78. The van der Waals surface area contributed by atoms with E-state index in [1.807, 2.05) is 68.4 Å². The summed E-state index contributed by atoms with van der Waals surface area (Å²) in [5, 5.41) is 2.85. The van der Waals surface area contributed by atoms with E-state index in [1.165, 1.54) is 0 Å². The molecule has 0 saturated heterocycles. The molecule has 2 aromatic rings. The second-order valence-electron chi connectivity index (χ2n) is 6.48. The summed E-state index contributed by atoms with van der Waals surface area (Å²) in [4.78, 5) is 28.2. The van der Waals surface area contributed by atoms with E-state index in [9.17, 15) is 9.59 Å². The zero-order valence-corrected chi connectivity index (χ0v) is 15.7. The third kappa shape index (κ3) is 6.33. The lowest BCUT2D eigenvalue weighted by atomic mass is 10.2. The number of anilines is 1. The molecule has 0 atom stereocenters. The molecule has 0 aliphatic rings. The summed E-state index contributed by atoms with van der Waals surface area (Å²) in [6, 6.07) is 17.6. The molecule has 0 heterocycles. The number of nitrogens with zero attached hydrogens (tertiary/aromatic N) is 2. The molecule has 0 unspecified atom stereocenters. The zero-order valence-electron chi connectivity index (χ0n) is 15.7. The summed E-state index contributed by atoms with van der Waals surface area (Å²) in [5.41, 5.74) is 3.01. The van der Waals surface area contributed by atoms with E-state index in [0.29, 0.717) is 13.1 Å². The summed E-state index contributed by atoms with van der Waals surface area (Å²) in [5.74, 6) is -0.114. The summed E-state index contributed by atoms with van der Waals surface area (Å²) >= 11 is 0. The van der Waals surface area contributed by atoms with Gasteiger partial charge in [-0.2, -0.15) is 0 Å². The molecule has 0 aromatic heterocycles. The monoisotopic (exact) mass is 353 g/mol. The van der Waals surface area contributed by atoms with Crippen molar-refractivity contribution in [1.29, 1.82) is 0 Å². The second kappa shape index (κ2) is 9.73. The molecule has 138 valence electrons. The zero-order chi connectivity index (χ0) is 18.9. The summed E-state index contributed by atoms with van der Waals surface area (Å²) in [6.45, 7) is 5.56. The fraction of sp³-hybridized carbons (Fsp3) is 0.333. The van der Waals surface area contributed by atoms with Crippen molar-refractivity contribution in [3.63, 3.8) is 0 Å². The average molecular weight is 353 g/mol. The van der Waals surface area contributed by atoms with Gasteiger partial charge in [0.15, 0.2) is 0 Å². The van der Waals surface area contributed by atoms with Crippen LogP contribution in [0.2, 0.25) is 0 Å². The topological polar surface area (TPSA) is 52.7 Å². The SMILES string of the molecule is CCN(Cc1ccccc1)C(=O)CN(C)CC(=O)Nc1ccc(C)cc1. The van der Waals surface area contributed by atoms with Gasteiger partial charge in [0.1, 0.15) is 0 Å². The molecule has 0 aliphatic carbocycles. The molecule has 0 bridgehead atoms. The normalized spacial score (nSPS) is 10.6. The number of hydrogen-bond acceptors (Lipinski definition) is 3. The summed E-state index contributed by atoms with van der Waals surface area (Å²) < 4.78 is 0. The highest BCUT2D eigenvalue weighted by atomic mass is 16.2. The Morgan fingerprint density at radius 3 is 2.23 bits per heavy atom. The maximum absolute atomic E-state index is 12.5. The number of nitrogens with one attached hydrogen (secondary N) is 1. The predicted molar refractivity (Wildman–Crippen MR) is 105 cm³/mol. The largest absolute Gasteiger partial charge is 0.338 e. The fourth-order valence-corrected chi connectivity index (χ4v) is 2.65. The highest BCUT2D eigenvalue weighted by Crippen LogP contribution is 2.09. The smallest absolute Gasteiger partial charge is 0.238 e. The van der Waals surface area contributed by atoms with Gasteiger partial charge in [-0.25, -0.2) is 0 Å². The van der Waals surface area contributed by atoms with Crippen LogP contribution in [0.25, 0.3) is 0 Å². The first-order chi connectivity index (χ1) is 12.5. The molecule has 0 fully saturated rings.